The second-order valence-electron chi connectivity index (χ2n) is 6.33. The number of nitrogens with zero attached hydrogens (tertiary/aromatic N) is 2. The van der Waals surface area contributed by atoms with E-state index in [1.807, 2.05) is 7.05 Å². The molecule has 0 amide bonds. The molecule has 2 saturated heterocycles. The standard InChI is InChI=1S/C15H28N4O/c1-16-15(18-12-5-2-3-6-12)17-9-14-10-19-8-4-7-13(19)11-20-14/h12-14H,2-11H2,1H3,(H2,16,17,18). The largest absolute Gasteiger partial charge is 0.373 e. The molecule has 3 rings (SSSR count). The molecule has 2 unspecified atom stereocenters. The van der Waals surface area contributed by atoms with E-state index in [9.17, 15) is 0 Å². The quantitative estimate of drug-likeness (QED) is 0.597. The zero-order valence-corrected chi connectivity index (χ0v) is 12.6. The van der Waals surface area contributed by atoms with Gasteiger partial charge in [0, 0.05) is 32.2 Å². The fourth-order valence-corrected chi connectivity index (χ4v) is 3.68. The van der Waals surface area contributed by atoms with Crippen molar-refractivity contribution in [3.63, 3.8) is 0 Å². The molecular formula is C15H28N4O. The average Bonchev–Trinajstić information content (AvgIpc) is 3.13. The highest BCUT2D eigenvalue weighted by atomic mass is 16.5. The summed E-state index contributed by atoms with van der Waals surface area (Å²) in [5.41, 5.74) is 0. The Morgan fingerprint density at radius 2 is 2.10 bits per heavy atom. The van der Waals surface area contributed by atoms with Crippen LogP contribution in [0.1, 0.15) is 38.5 Å². The van der Waals surface area contributed by atoms with Gasteiger partial charge >= 0.3 is 0 Å². The Morgan fingerprint density at radius 1 is 1.25 bits per heavy atom. The molecule has 114 valence electrons. The molecule has 5 nitrogen and oxygen atoms in total. The van der Waals surface area contributed by atoms with Crippen molar-refractivity contribution < 1.29 is 4.74 Å². The maximum absolute atomic E-state index is 5.97. The minimum Gasteiger partial charge on any atom is -0.373 e. The third-order valence-corrected chi connectivity index (χ3v) is 4.88. The van der Waals surface area contributed by atoms with Gasteiger partial charge in [-0.05, 0) is 32.2 Å². The number of fused-ring (bicyclic) bond motifs is 1. The van der Waals surface area contributed by atoms with Gasteiger partial charge in [0.05, 0.1) is 12.7 Å². The normalized spacial score (nSPS) is 32.4. The van der Waals surface area contributed by atoms with Crippen molar-refractivity contribution in [2.75, 3.05) is 33.3 Å². The lowest BCUT2D eigenvalue weighted by molar-refractivity contribution is -0.0453. The lowest BCUT2D eigenvalue weighted by Crippen LogP contribution is -2.52. The van der Waals surface area contributed by atoms with E-state index in [1.165, 1.54) is 45.1 Å². The van der Waals surface area contributed by atoms with E-state index in [0.29, 0.717) is 18.2 Å². The van der Waals surface area contributed by atoms with Gasteiger partial charge in [-0.15, -0.1) is 0 Å². The first-order chi connectivity index (χ1) is 9.85. The van der Waals surface area contributed by atoms with Gasteiger partial charge in [-0.1, -0.05) is 12.8 Å². The van der Waals surface area contributed by atoms with Gasteiger partial charge in [-0.25, -0.2) is 0 Å². The third-order valence-electron chi connectivity index (χ3n) is 4.88. The minimum absolute atomic E-state index is 0.298. The summed E-state index contributed by atoms with van der Waals surface area (Å²) in [6.07, 6.45) is 8.18. The molecule has 1 aliphatic carbocycles. The Labute approximate surface area is 122 Å². The van der Waals surface area contributed by atoms with Crippen LogP contribution in [0.25, 0.3) is 0 Å². The number of hydrogen-bond donors (Lipinski definition) is 2. The first kappa shape index (κ1) is 14.1. The van der Waals surface area contributed by atoms with Crippen molar-refractivity contribution in [2.45, 2.75) is 56.7 Å². The van der Waals surface area contributed by atoms with E-state index in [2.05, 4.69) is 20.5 Å². The van der Waals surface area contributed by atoms with Crippen LogP contribution in [0.3, 0.4) is 0 Å². The Balaban J connectivity index is 1.41. The highest BCUT2D eigenvalue weighted by molar-refractivity contribution is 5.80. The lowest BCUT2D eigenvalue weighted by atomic mass is 10.2. The van der Waals surface area contributed by atoms with Crippen molar-refractivity contribution in [3.05, 3.63) is 0 Å². The van der Waals surface area contributed by atoms with Gasteiger partial charge in [-0.2, -0.15) is 0 Å². The van der Waals surface area contributed by atoms with Crippen LogP contribution < -0.4 is 10.6 Å². The number of ether oxygens (including phenoxy) is 1. The van der Waals surface area contributed by atoms with E-state index >= 15 is 0 Å². The highest BCUT2D eigenvalue weighted by Gasteiger charge is 2.32. The van der Waals surface area contributed by atoms with Gasteiger partial charge in [0.25, 0.3) is 0 Å². The van der Waals surface area contributed by atoms with Crippen molar-refractivity contribution in [1.82, 2.24) is 15.5 Å². The predicted molar refractivity (Wildman–Crippen MR) is 81.1 cm³/mol. The van der Waals surface area contributed by atoms with Gasteiger partial charge in [0.1, 0.15) is 0 Å². The monoisotopic (exact) mass is 280 g/mol. The fourth-order valence-electron chi connectivity index (χ4n) is 3.68. The predicted octanol–water partition coefficient (Wildman–Crippen LogP) is 0.957. The molecule has 0 spiro atoms. The van der Waals surface area contributed by atoms with Crippen LogP contribution in [-0.2, 0) is 4.74 Å². The molecule has 2 aliphatic heterocycles. The molecule has 3 fully saturated rings. The first-order valence-corrected chi connectivity index (χ1v) is 8.18. The molecule has 1 saturated carbocycles. The summed E-state index contributed by atoms with van der Waals surface area (Å²) in [6.45, 7) is 4.08. The molecule has 2 heterocycles. The van der Waals surface area contributed by atoms with Crippen LogP contribution >= 0.6 is 0 Å². The molecule has 0 aromatic carbocycles. The van der Waals surface area contributed by atoms with E-state index in [0.717, 1.165) is 25.7 Å². The maximum Gasteiger partial charge on any atom is 0.191 e. The SMILES string of the molecule is CN=C(NCC1CN2CCCC2CO1)NC1CCCC1. The summed E-state index contributed by atoms with van der Waals surface area (Å²) < 4.78 is 5.97. The van der Waals surface area contributed by atoms with Crippen molar-refractivity contribution in [1.29, 1.82) is 0 Å². The Morgan fingerprint density at radius 3 is 2.90 bits per heavy atom. The Hall–Kier alpha value is -0.810. The summed E-state index contributed by atoms with van der Waals surface area (Å²) in [5, 5.41) is 6.95. The van der Waals surface area contributed by atoms with Crippen LogP contribution in [-0.4, -0.2) is 62.3 Å². The zero-order chi connectivity index (χ0) is 13.8. The van der Waals surface area contributed by atoms with E-state index in [-0.39, 0.29) is 0 Å². The number of nitrogens with one attached hydrogen (secondary N) is 2. The smallest absolute Gasteiger partial charge is 0.191 e. The van der Waals surface area contributed by atoms with E-state index < -0.39 is 0 Å². The topological polar surface area (TPSA) is 48.9 Å². The molecule has 0 aromatic heterocycles. The van der Waals surface area contributed by atoms with Crippen molar-refractivity contribution >= 4 is 5.96 Å². The molecule has 0 radical (unpaired) electrons. The number of morpholine rings is 1. The summed E-state index contributed by atoms with van der Waals surface area (Å²) in [5.74, 6) is 0.934. The number of rotatable bonds is 3. The first-order valence-electron chi connectivity index (χ1n) is 8.18. The lowest BCUT2D eigenvalue weighted by Gasteiger charge is -2.35. The molecule has 0 bridgehead atoms. The Kier molecular flexibility index (Phi) is 4.78. The molecule has 5 heteroatoms. The molecular weight excluding hydrogens is 252 g/mol. The van der Waals surface area contributed by atoms with Gasteiger partial charge in [-0.3, -0.25) is 9.89 Å². The Bertz CT molecular complexity index is 341. The second kappa shape index (κ2) is 6.76. The van der Waals surface area contributed by atoms with Crippen LogP contribution in [0.4, 0.5) is 0 Å². The molecule has 0 aromatic rings. The zero-order valence-electron chi connectivity index (χ0n) is 12.6. The molecule has 2 atom stereocenters. The number of guanidine groups is 1. The van der Waals surface area contributed by atoms with Gasteiger partial charge in [0.15, 0.2) is 5.96 Å². The number of hydrogen-bond acceptors (Lipinski definition) is 3. The summed E-state index contributed by atoms with van der Waals surface area (Å²) in [7, 11) is 1.85. The average molecular weight is 280 g/mol. The van der Waals surface area contributed by atoms with Crippen LogP contribution in [0, 0.1) is 0 Å². The highest BCUT2D eigenvalue weighted by Crippen LogP contribution is 2.22. The van der Waals surface area contributed by atoms with Crippen molar-refractivity contribution in [3.8, 4) is 0 Å². The minimum atomic E-state index is 0.298. The maximum atomic E-state index is 5.97. The fraction of sp³-hybridized carbons (Fsp3) is 0.933. The number of aliphatic imine (C=N–C) groups is 1. The molecule has 20 heavy (non-hydrogen) atoms. The summed E-state index contributed by atoms with van der Waals surface area (Å²) >= 11 is 0. The molecule has 3 aliphatic rings. The third kappa shape index (κ3) is 3.44. The van der Waals surface area contributed by atoms with E-state index in [4.69, 9.17) is 4.74 Å². The van der Waals surface area contributed by atoms with Gasteiger partial charge < -0.3 is 15.4 Å². The van der Waals surface area contributed by atoms with Crippen LogP contribution in [0.2, 0.25) is 0 Å². The summed E-state index contributed by atoms with van der Waals surface area (Å²) in [4.78, 5) is 6.91. The van der Waals surface area contributed by atoms with Crippen LogP contribution in [0.15, 0.2) is 4.99 Å². The van der Waals surface area contributed by atoms with Gasteiger partial charge in [0.2, 0.25) is 0 Å². The molecule has 2 N–H and O–H groups in total. The summed E-state index contributed by atoms with van der Waals surface area (Å²) in [6, 6.07) is 1.29. The van der Waals surface area contributed by atoms with E-state index in [1.54, 1.807) is 0 Å². The van der Waals surface area contributed by atoms with Crippen LogP contribution in [0.5, 0.6) is 0 Å². The van der Waals surface area contributed by atoms with Crippen molar-refractivity contribution in [2.24, 2.45) is 4.99 Å². The second-order valence-corrected chi connectivity index (χ2v) is 6.33.